The first-order valence-corrected chi connectivity index (χ1v) is 7.82. The smallest absolute Gasteiger partial charge is 0.326 e. The topological polar surface area (TPSA) is 69.7 Å². The number of hydrogen-bond acceptors (Lipinski definition) is 3. The lowest BCUT2D eigenvalue weighted by Gasteiger charge is -2.15. The van der Waals surface area contributed by atoms with Gasteiger partial charge in [0.2, 0.25) is 5.91 Å². The number of rotatable bonds is 5. The van der Waals surface area contributed by atoms with Gasteiger partial charge in [-0.25, -0.2) is 4.79 Å². The summed E-state index contributed by atoms with van der Waals surface area (Å²) in [5, 5.41) is 3.67. The van der Waals surface area contributed by atoms with Gasteiger partial charge in [-0.2, -0.15) is 0 Å². The highest BCUT2D eigenvalue weighted by atomic mass is 35.5. The maximum absolute atomic E-state index is 12.0. The number of nitrogens with zero attached hydrogens (tertiary/aromatic N) is 2. The van der Waals surface area contributed by atoms with E-state index in [1.54, 1.807) is 12.1 Å². The van der Waals surface area contributed by atoms with E-state index in [1.807, 2.05) is 6.07 Å². The fraction of sp³-hybridized carbons (Fsp3) is 0.400. The first-order valence-electron chi connectivity index (χ1n) is 7.07. The van der Waals surface area contributed by atoms with Gasteiger partial charge in [0.1, 0.15) is 6.04 Å². The van der Waals surface area contributed by atoms with Gasteiger partial charge in [0.25, 0.3) is 5.91 Å². The molecule has 124 valence electrons. The van der Waals surface area contributed by atoms with E-state index in [0.717, 1.165) is 10.5 Å². The van der Waals surface area contributed by atoms with E-state index in [1.165, 1.54) is 19.0 Å². The summed E-state index contributed by atoms with van der Waals surface area (Å²) < 4.78 is 0. The quantitative estimate of drug-likeness (QED) is 0.818. The monoisotopic (exact) mass is 357 g/mol. The largest absolute Gasteiger partial charge is 0.356 e. The average molecular weight is 358 g/mol. The summed E-state index contributed by atoms with van der Waals surface area (Å²) in [5.41, 5.74) is 0.837. The van der Waals surface area contributed by atoms with Crippen LogP contribution in [0.4, 0.5) is 4.79 Å². The molecule has 0 spiro atoms. The summed E-state index contributed by atoms with van der Waals surface area (Å²) >= 11 is 12.0. The van der Waals surface area contributed by atoms with Gasteiger partial charge in [-0.15, -0.1) is 0 Å². The zero-order chi connectivity index (χ0) is 17.1. The van der Waals surface area contributed by atoms with E-state index < -0.39 is 12.1 Å². The molecule has 1 atom stereocenters. The molecule has 1 saturated heterocycles. The van der Waals surface area contributed by atoms with Crippen LogP contribution in [0, 0.1) is 0 Å². The number of hydrogen-bond donors (Lipinski definition) is 1. The van der Waals surface area contributed by atoms with Gasteiger partial charge in [-0.05, 0) is 18.1 Å². The zero-order valence-electron chi connectivity index (χ0n) is 12.8. The van der Waals surface area contributed by atoms with E-state index in [2.05, 4.69) is 5.32 Å². The van der Waals surface area contributed by atoms with E-state index in [0.29, 0.717) is 23.0 Å². The minimum atomic E-state index is -0.748. The molecule has 1 N–H and O–H groups in total. The second-order valence-corrected chi connectivity index (χ2v) is 6.11. The highest BCUT2D eigenvalue weighted by Crippen LogP contribution is 2.25. The number of halogens is 2. The van der Waals surface area contributed by atoms with Gasteiger partial charge in [0.15, 0.2) is 0 Å². The lowest BCUT2D eigenvalue weighted by atomic mass is 10.1. The van der Waals surface area contributed by atoms with Gasteiger partial charge in [-0.3, -0.25) is 14.5 Å². The third-order valence-electron chi connectivity index (χ3n) is 3.80. The minimum absolute atomic E-state index is 0.0608. The Kier molecular flexibility index (Phi) is 5.49. The van der Waals surface area contributed by atoms with Crippen molar-refractivity contribution in [3.05, 3.63) is 33.8 Å². The van der Waals surface area contributed by atoms with Crippen LogP contribution in [0.5, 0.6) is 0 Å². The van der Waals surface area contributed by atoms with Crippen molar-refractivity contribution >= 4 is 41.0 Å². The Morgan fingerprint density at radius 3 is 2.57 bits per heavy atom. The Bertz CT molecular complexity index is 651. The normalized spacial score (nSPS) is 17.8. The molecule has 0 saturated carbocycles. The van der Waals surface area contributed by atoms with Crippen LogP contribution >= 0.6 is 23.2 Å². The van der Waals surface area contributed by atoms with E-state index in [4.69, 9.17) is 23.2 Å². The third kappa shape index (κ3) is 3.76. The van der Waals surface area contributed by atoms with Gasteiger partial charge in [0, 0.05) is 20.6 Å². The molecule has 1 heterocycles. The van der Waals surface area contributed by atoms with Crippen LogP contribution in [0.3, 0.4) is 0 Å². The van der Waals surface area contributed by atoms with Gasteiger partial charge in [0.05, 0.1) is 16.5 Å². The fourth-order valence-corrected chi connectivity index (χ4v) is 2.82. The highest BCUT2D eigenvalue weighted by Gasteiger charge is 2.41. The van der Waals surface area contributed by atoms with Crippen molar-refractivity contribution < 1.29 is 14.4 Å². The van der Waals surface area contributed by atoms with Crippen LogP contribution in [-0.4, -0.2) is 54.3 Å². The maximum atomic E-state index is 12.0. The molecule has 1 aliphatic rings. The van der Waals surface area contributed by atoms with Crippen molar-refractivity contribution in [3.63, 3.8) is 0 Å². The van der Waals surface area contributed by atoms with Crippen LogP contribution in [0.2, 0.25) is 10.0 Å². The van der Waals surface area contributed by atoms with Gasteiger partial charge >= 0.3 is 6.03 Å². The fourth-order valence-electron chi connectivity index (χ4n) is 2.40. The van der Waals surface area contributed by atoms with Gasteiger partial charge in [-0.1, -0.05) is 35.3 Å². The highest BCUT2D eigenvalue weighted by molar-refractivity contribution is 6.42. The molecule has 1 fully saturated rings. The average Bonchev–Trinajstić information content (AvgIpc) is 2.69. The molecule has 0 unspecified atom stereocenters. The minimum Gasteiger partial charge on any atom is -0.356 e. The van der Waals surface area contributed by atoms with Crippen molar-refractivity contribution in [3.8, 4) is 0 Å². The number of carbonyl (C=O) groups excluding carboxylic acids is 3. The molecule has 2 rings (SSSR count). The first kappa shape index (κ1) is 17.6. The van der Waals surface area contributed by atoms with E-state index >= 15 is 0 Å². The SMILES string of the molecule is CN1C(=O)[C@@H](CC(=O)NCCc2cccc(Cl)c2Cl)N(C)C1=O. The Labute approximate surface area is 144 Å². The van der Waals surface area contributed by atoms with Crippen molar-refractivity contribution in [1.29, 1.82) is 0 Å². The molecule has 4 amide bonds. The number of urea groups is 1. The summed E-state index contributed by atoms with van der Waals surface area (Å²) in [7, 11) is 2.91. The molecular weight excluding hydrogens is 341 g/mol. The summed E-state index contributed by atoms with van der Waals surface area (Å²) in [6, 6.07) is 4.17. The second-order valence-electron chi connectivity index (χ2n) is 5.32. The molecule has 1 aliphatic heterocycles. The zero-order valence-corrected chi connectivity index (χ0v) is 14.3. The Morgan fingerprint density at radius 1 is 1.26 bits per heavy atom. The first-order chi connectivity index (χ1) is 10.8. The summed E-state index contributed by atoms with van der Waals surface area (Å²) in [6.07, 6.45) is 0.465. The van der Waals surface area contributed by atoms with Crippen LogP contribution in [0.1, 0.15) is 12.0 Å². The molecule has 6 nitrogen and oxygen atoms in total. The molecule has 1 aromatic carbocycles. The van der Waals surface area contributed by atoms with Crippen LogP contribution < -0.4 is 5.32 Å². The standard InChI is InChI=1S/C15H17Cl2N3O3/c1-19-11(14(22)20(2)15(19)23)8-12(21)18-7-6-9-4-3-5-10(16)13(9)17/h3-5,11H,6-8H2,1-2H3,(H,18,21)/t11-/m1/s1. The van der Waals surface area contributed by atoms with Crippen molar-refractivity contribution in [2.24, 2.45) is 0 Å². The summed E-state index contributed by atoms with van der Waals surface area (Å²) in [5.74, 6) is -0.665. The predicted octanol–water partition coefficient (Wildman–Crippen LogP) is 1.93. The maximum Gasteiger partial charge on any atom is 0.326 e. The van der Waals surface area contributed by atoms with Crippen LogP contribution in [0.15, 0.2) is 18.2 Å². The Morgan fingerprint density at radius 2 is 1.96 bits per heavy atom. The number of nitrogens with one attached hydrogen (secondary N) is 1. The summed E-state index contributed by atoms with van der Waals surface area (Å²) in [4.78, 5) is 37.8. The molecule has 0 aromatic heterocycles. The van der Waals surface area contributed by atoms with Gasteiger partial charge < -0.3 is 10.2 Å². The third-order valence-corrected chi connectivity index (χ3v) is 4.66. The van der Waals surface area contributed by atoms with Crippen molar-refractivity contribution in [2.75, 3.05) is 20.6 Å². The van der Waals surface area contributed by atoms with Crippen LogP contribution in [-0.2, 0) is 16.0 Å². The Balaban J connectivity index is 1.85. The van der Waals surface area contributed by atoms with Crippen molar-refractivity contribution in [2.45, 2.75) is 18.9 Å². The second kappa shape index (κ2) is 7.19. The molecule has 8 heteroatoms. The molecular formula is C15H17Cl2N3O3. The number of carbonyl (C=O) groups is 3. The summed E-state index contributed by atoms with van der Waals surface area (Å²) in [6.45, 7) is 0.368. The molecule has 0 radical (unpaired) electrons. The number of imide groups is 1. The van der Waals surface area contributed by atoms with E-state index in [9.17, 15) is 14.4 Å². The number of amides is 4. The predicted molar refractivity (Wildman–Crippen MR) is 87.5 cm³/mol. The number of likely N-dealkylation sites (N-methyl/N-ethyl adjacent to an activating group) is 2. The number of benzene rings is 1. The van der Waals surface area contributed by atoms with Crippen molar-refractivity contribution in [1.82, 2.24) is 15.1 Å². The lowest BCUT2D eigenvalue weighted by molar-refractivity contribution is -0.131. The van der Waals surface area contributed by atoms with E-state index in [-0.39, 0.29) is 18.2 Å². The molecule has 0 bridgehead atoms. The molecule has 23 heavy (non-hydrogen) atoms. The van der Waals surface area contributed by atoms with Crippen LogP contribution in [0.25, 0.3) is 0 Å². The molecule has 0 aliphatic carbocycles. The lowest BCUT2D eigenvalue weighted by Crippen LogP contribution is -2.37. The molecule has 1 aromatic rings. The Hall–Kier alpha value is -1.79.